The molecule has 0 spiro atoms. The lowest BCUT2D eigenvalue weighted by atomic mass is 10.1. The van der Waals surface area contributed by atoms with Gasteiger partial charge in [0.15, 0.2) is 0 Å². The van der Waals surface area contributed by atoms with E-state index in [1.54, 1.807) is 12.1 Å². The molecular formula is C16H13ClO2S. The van der Waals surface area contributed by atoms with Crippen LogP contribution in [0.2, 0.25) is 0 Å². The Morgan fingerprint density at radius 1 is 1.35 bits per heavy atom. The molecule has 0 aliphatic heterocycles. The molecule has 0 N–H and O–H groups in total. The predicted octanol–water partition coefficient (Wildman–Crippen LogP) is 3.86. The van der Waals surface area contributed by atoms with Crippen molar-refractivity contribution in [1.29, 1.82) is 0 Å². The van der Waals surface area contributed by atoms with Crippen molar-refractivity contribution in [2.75, 3.05) is 11.6 Å². The van der Waals surface area contributed by atoms with Crippen LogP contribution in [-0.4, -0.2) is 11.6 Å². The maximum Gasteiger partial charge on any atom is 0.340 e. The Morgan fingerprint density at radius 3 is 2.90 bits per heavy atom. The molecular weight excluding hydrogens is 292 g/mol. The van der Waals surface area contributed by atoms with Crippen molar-refractivity contribution in [3.63, 3.8) is 0 Å². The Hall–Kier alpha value is -1.63. The highest BCUT2D eigenvalue weighted by atomic mass is 35.5. The van der Waals surface area contributed by atoms with Gasteiger partial charge in [-0.05, 0) is 12.5 Å². The molecule has 20 heavy (non-hydrogen) atoms. The molecule has 0 aliphatic carbocycles. The largest absolute Gasteiger partial charge is 0.422 e. The summed E-state index contributed by atoms with van der Waals surface area (Å²) in [6, 6.07) is 7.51. The molecule has 0 atom stereocenters. The Labute approximate surface area is 126 Å². The Balaban J connectivity index is 2.53. The first-order valence-electron chi connectivity index (χ1n) is 6.08. The first-order valence-corrected chi connectivity index (χ1v) is 7.60. The van der Waals surface area contributed by atoms with E-state index in [0.717, 1.165) is 10.3 Å². The van der Waals surface area contributed by atoms with Crippen LogP contribution in [0.25, 0.3) is 11.0 Å². The van der Waals surface area contributed by atoms with Gasteiger partial charge in [0.2, 0.25) is 0 Å². The van der Waals surface area contributed by atoms with E-state index in [1.807, 2.05) is 18.2 Å². The van der Waals surface area contributed by atoms with E-state index >= 15 is 0 Å². The molecule has 1 aromatic carbocycles. The van der Waals surface area contributed by atoms with Crippen LogP contribution in [0.15, 0.2) is 51.0 Å². The third-order valence-corrected chi connectivity index (χ3v) is 3.86. The molecule has 2 rings (SSSR count). The van der Waals surface area contributed by atoms with Crippen LogP contribution in [0.4, 0.5) is 0 Å². The number of para-hydroxylation sites is 1. The minimum atomic E-state index is -0.309. The van der Waals surface area contributed by atoms with E-state index in [9.17, 15) is 4.79 Å². The molecule has 102 valence electrons. The molecule has 2 nitrogen and oxygen atoms in total. The standard InChI is InChI=1S/C16H13ClO2S/c1-2-7-13-15(20-11-6-5-10-17)12-8-3-4-9-14(12)19-16(13)18/h2-4,8-9H,1,7,10-11H2. The van der Waals surface area contributed by atoms with Gasteiger partial charge in [0, 0.05) is 10.3 Å². The van der Waals surface area contributed by atoms with Gasteiger partial charge in [-0.2, -0.15) is 0 Å². The van der Waals surface area contributed by atoms with Crippen LogP contribution < -0.4 is 5.63 Å². The maximum atomic E-state index is 12.0. The second-order valence-electron chi connectivity index (χ2n) is 3.96. The summed E-state index contributed by atoms with van der Waals surface area (Å²) in [5.74, 6) is 6.67. The Kier molecular flexibility index (Phi) is 5.34. The minimum absolute atomic E-state index is 0.309. The van der Waals surface area contributed by atoms with E-state index in [-0.39, 0.29) is 5.63 Å². The molecule has 0 radical (unpaired) electrons. The van der Waals surface area contributed by atoms with Crippen LogP contribution >= 0.6 is 23.4 Å². The third kappa shape index (κ3) is 3.27. The summed E-state index contributed by atoms with van der Waals surface area (Å²) >= 11 is 7.05. The number of halogens is 1. The van der Waals surface area contributed by atoms with Crippen molar-refractivity contribution < 1.29 is 4.42 Å². The van der Waals surface area contributed by atoms with E-state index in [1.165, 1.54) is 11.8 Å². The Morgan fingerprint density at radius 2 is 2.15 bits per heavy atom. The van der Waals surface area contributed by atoms with Crippen LogP contribution in [0.5, 0.6) is 0 Å². The van der Waals surface area contributed by atoms with Gasteiger partial charge in [-0.3, -0.25) is 0 Å². The molecule has 0 saturated heterocycles. The number of benzene rings is 1. The summed E-state index contributed by atoms with van der Waals surface area (Å²) in [5.41, 5.74) is 0.922. The minimum Gasteiger partial charge on any atom is -0.422 e. The molecule has 0 saturated carbocycles. The van der Waals surface area contributed by atoms with Gasteiger partial charge in [-0.1, -0.05) is 36.1 Å². The van der Waals surface area contributed by atoms with Crippen LogP contribution in [0, 0.1) is 11.8 Å². The first kappa shape index (κ1) is 14.8. The van der Waals surface area contributed by atoms with E-state index in [4.69, 9.17) is 16.0 Å². The van der Waals surface area contributed by atoms with Gasteiger partial charge in [-0.15, -0.1) is 29.9 Å². The average Bonchev–Trinajstić information content (AvgIpc) is 2.46. The molecule has 2 aromatic rings. The molecule has 1 aromatic heterocycles. The summed E-state index contributed by atoms with van der Waals surface area (Å²) in [4.78, 5) is 13.0. The lowest BCUT2D eigenvalue weighted by Crippen LogP contribution is -2.09. The molecule has 0 aliphatic rings. The topological polar surface area (TPSA) is 30.2 Å². The van der Waals surface area contributed by atoms with Crippen LogP contribution in [0.1, 0.15) is 5.56 Å². The second kappa shape index (κ2) is 7.23. The number of fused-ring (bicyclic) bond motifs is 1. The lowest BCUT2D eigenvalue weighted by Gasteiger charge is -2.08. The predicted molar refractivity (Wildman–Crippen MR) is 85.6 cm³/mol. The third-order valence-electron chi connectivity index (χ3n) is 2.68. The Bertz CT molecular complexity index is 737. The molecule has 0 fully saturated rings. The zero-order valence-electron chi connectivity index (χ0n) is 10.8. The summed E-state index contributed by atoms with van der Waals surface area (Å²) in [5, 5.41) is 0.932. The number of allylic oxidation sites excluding steroid dienone is 1. The van der Waals surface area contributed by atoms with E-state index < -0.39 is 0 Å². The van der Waals surface area contributed by atoms with Crippen LogP contribution in [0.3, 0.4) is 0 Å². The van der Waals surface area contributed by atoms with Gasteiger partial charge in [0.25, 0.3) is 0 Å². The fourth-order valence-corrected chi connectivity index (χ4v) is 2.93. The van der Waals surface area contributed by atoms with Crippen molar-refractivity contribution in [2.45, 2.75) is 11.3 Å². The summed E-state index contributed by atoms with van der Waals surface area (Å²) < 4.78 is 5.34. The zero-order valence-corrected chi connectivity index (χ0v) is 12.4. The summed E-state index contributed by atoms with van der Waals surface area (Å²) in [7, 11) is 0. The van der Waals surface area contributed by atoms with Crippen molar-refractivity contribution >= 4 is 34.3 Å². The molecule has 0 unspecified atom stereocenters. The molecule has 0 bridgehead atoms. The molecule has 1 heterocycles. The second-order valence-corrected chi connectivity index (χ2v) is 5.21. The molecule has 0 amide bonds. The average molecular weight is 305 g/mol. The lowest BCUT2D eigenvalue weighted by molar-refractivity contribution is 0.548. The zero-order chi connectivity index (χ0) is 14.4. The van der Waals surface area contributed by atoms with Gasteiger partial charge in [0.05, 0.1) is 17.2 Å². The number of thioether (sulfide) groups is 1. The number of alkyl halides is 1. The first-order chi connectivity index (χ1) is 9.77. The van der Waals surface area contributed by atoms with Crippen molar-refractivity contribution in [3.8, 4) is 11.8 Å². The van der Waals surface area contributed by atoms with Crippen molar-refractivity contribution in [1.82, 2.24) is 0 Å². The van der Waals surface area contributed by atoms with E-state index in [2.05, 4.69) is 18.4 Å². The highest BCUT2D eigenvalue weighted by molar-refractivity contribution is 7.99. The van der Waals surface area contributed by atoms with Gasteiger partial charge in [-0.25, -0.2) is 4.79 Å². The monoisotopic (exact) mass is 304 g/mol. The number of hydrogen-bond donors (Lipinski definition) is 0. The van der Waals surface area contributed by atoms with Gasteiger partial charge in [0.1, 0.15) is 5.58 Å². The fraction of sp³-hybridized carbons (Fsp3) is 0.188. The smallest absolute Gasteiger partial charge is 0.340 e. The fourth-order valence-electron chi connectivity index (χ4n) is 1.85. The number of rotatable bonds is 4. The SMILES string of the molecule is C=CCc1c(SCC#CCCl)c2ccccc2oc1=O. The maximum absolute atomic E-state index is 12.0. The van der Waals surface area contributed by atoms with Crippen molar-refractivity contribution in [3.05, 3.63) is 52.9 Å². The summed E-state index contributed by atoms with van der Waals surface area (Å²) in [6.45, 7) is 3.69. The quantitative estimate of drug-likeness (QED) is 0.282. The molecule has 4 heteroatoms. The highest BCUT2D eigenvalue weighted by Crippen LogP contribution is 2.29. The highest BCUT2D eigenvalue weighted by Gasteiger charge is 2.13. The van der Waals surface area contributed by atoms with Gasteiger partial charge < -0.3 is 4.42 Å². The summed E-state index contributed by atoms with van der Waals surface area (Å²) in [6.07, 6.45) is 2.19. The number of hydrogen-bond acceptors (Lipinski definition) is 3. The van der Waals surface area contributed by atoms with E-state index in [0.29, 0.717) is 29.2 Å². The van der Waals surface area contributed by atoms with Crippen LogP contribution in [-0.2, 0) is 6.42 Å². The van der Waals surface area contributed by atoms with Gasteiger partial charge >= 0.3 is 5.63 Å². The van der Waals surface area contributed by atoms with Crippen molar-refractivity contribution in [2.24, 2.45) is 0 Å². The normalized spacial score (nSPS) is 10.1.